The van der Waals surface area contributed by atoms with E-state index >= 15 is 0 Å². The highest BCUT2D eigenvalue weighted by molar-refractivity contribution is 9.15. The van der Waals surface area contributed by atoms with Gasteiger partial charge in [0.25, 0.3) is 0 Å². The third-order valence-corrected chi connectivity index (χ3v) is 6.09. The fourth-order valence-electron chi connectivity index (χ4n) is 2.65. The normalized spacial score (nSPS) is 12.5. The fourth-order valence-corrected chi connectivity index (χ4v) is 4.00. The van der Waals surface area contributed by atoms with Crippen LogP contribution in [-0.2, 0) is 0 Å². The molecule has 0 aliphatic heterocycles. The molecule has 142 valence electrons. The van der Waals surface area contributed by atoms with E-state index in [1.165, 1.54) is 12.1 Å². The molecule has 0 heterocycles. The van der Waals surface area contributed by atoms with Gasteiger partial charge in [0.15, 0.2) is 0 Å². The van der Waals surface area contributed by atoms with E-state index < -0.39 is 0 Å². The molecular formula is C23H15Br2Cl2F. The fraction of sp³-hybridized carbons (Fsp3) is 0.0435. The summed E-state index contributed by atoms with van der Waals surface area (Å²) in [4.78, 5) is 0. The van der Waals surface area contributed by atoms with E-state index in [9.17, 15) is 4.39 Å². The third-order valence-electron chi connectivity index (χ3n) is 4.15. The molecule has 0 bridgehead atoms. The van der Waals surface area contributed by atoms with Crippen molar-refractivity contribution in [2.24, 2.45) is 0 Å². The monoisotopic (exact) mass is 538 g/mol. The summed E-state index contributed by atoms with van der Waals surface area (Å²) < 4.78 is 15.3. The molecule has 0 radical (unpaired) electrons. The first kappa shape index (κ1) is 21.3. The predicted octanol–water partition coefficient (Wildman–Crippen LogP) is 9.09. The van der Waals surface area contributed by atoms with Crippen LogP contribution in [0.5, 0.6) is 0 Å². The Bertz CT molecular complexity index is 931. The van der Waals surface area contributed by atoms with Gasteiger partial charge in [-0.25, -0.2) is 4.39 Å². The summed E-state index contributed by atoms with van der Waals surface area (Å²) in [6, 6.07) is 21.7. The number of hydrogen-bond donors (Lipinski definition) is 0. The molecule has 3 aromatic rings. The molecule has 0 aliphatic rings. The Morgan fingerprint density at radius 1 is 0.679 bits per heavy atom. The van der Waals surface area contributed by atoms with Crippen molar-refractivity contribution in [3.63, 3.8) is 0 Å². The van der Waals surface area contributed by atoms with Gasteiger partial charge in [0.05, 0.1) is 0 Å². The van der Waals surface area contributed by atoms with E-state index in [1.54, 1.807) is 12.1 Å². The van der Waals surface area contributed by atoms with E-state index in [2.05, 4.69) is 44.0 Å². The Balaban J connectivity index is 2.00. The van der Waals surface area contributed by atoms with Crippen molar-refractivity contribution in [1.82, 2.24) is 0 Å². The summed E-state index contributed by atoms with van der Waals surface area (Å²) in [6.45, 7) is 0. The first-order valence-corrected chi connectivity index (χ1v) is 10.8. The van der Waals surface area contributed by atoms with Gasteiger partial charge in [-0.1, -0.05) is 104 Å². The second-order valence-electron chi connectivity index (χ2n) is 6.12. The Hall–Kier alpha value is -1.39. The number of allylic oxidation sites excluding steroid dienone is 2. The van der Waals surface area contributed by atoms with E-state index in [-0.39, 0.29) is 11.7 Å². The van der Waals surface area contributed by atoms with Crippen molar-refractivity contribution in [1.29, 1.82) is 0 Å². The molecule has 0 saturated carbocycles. The van der Waals surface area contributed by atoms with Crippen molar-refractivity contribution in [3.8, 4) is 0 Å². The minimum absolute atomic E-state index is 0.0873. The molecule has 3 rings (SSSR count). The Labute approximate surface area is 190 Å². The molecule has 0 aromatic heterocycles. The standard InChI is InChI=1S/C23H15Br2Cl2F/c24-22(16-1-7-19(26)8-2-16)13-18(15-5-11-21(28)12-6-15)14-23(25)17-3-9-20(27)10-4-17/h1-14,18H/b22-13-,23-14-. The molecule has 0 amide bonds. The molecule has 0 nitrogen and oxygen atoms in total. The molecule has 0 saturated heterocycles. The van der Waals surface area contributed by atoms with Crippen LogP contribution in [0.1, 0.15) is 22.6 Å². The highest BCUT2D eigenvalue weighted by atomic mass is 79.9. The van der Waals surface area contributed by atoms with Gasteiger partial charge in [-0.15, -0.1) is 0 Å². The topological polar surface area (TPSA) is 0 Å². The molecule has 0 unspecified atom stereocenters. The van der Waals surface area contributed by atoms with E-state index in [0.29, 0.717) is 10.0 Å². The highest BCUT2D eigenvalue weighted by Crippen LogP contribution is 2.33. The zero-order valence-electron chi connectivity index (χ0n) is 14.6. The quantitative estimate of drug-likeness (QED) is 0.303. The van der Waals surface area contributed by atoms with Crippen LogP contribution < -0.4 is 0 Å². The van der Waals surface area contributed by atoms with Crippen LogP contribution in [0.4, 0.5) is 4.39 Å². The lowest BCUT2D eigenvalue weighted by Crippen LogP contribution is -1.94. The number of rotatable bonds is 5. The first-order valence-electron chi connectivity index (χ1n) is 8.44. The number of hydrogen-bond acceptors (Lipinski definition) is 0. The van der Waals surface area contributed by atoms with Crippen LogP contribution in [0.25, 0.3) is 8.96 Å². The van der Waals surface area contributed by atoms with Gasteiger partial charge >= 0.3 is 0 Å². The maximum atomic E-state index is 13.4. The molecular weight excluding hydrogens is 526 g/mol. The minimum atomic E-state index is -0.260. The van der Waals surface area contributed by atoms with Crippen LogP contribution in [0.15, 0.2) is 84.9 Å². The van der Waals surface area contributed by atoms with Crippen LogP contribution in [-0.4, -0.2) is 0 Å². The summed E-state index contributed by atoms with van der Waals surface area (Å²) in [6.07, 6.45) is 4.15. The molecule has 0 aliphatic carbocycles. The average molecular weight is 541 g/mol. The predicted molar refractivity (Wildman–Crippen MR) is 126 cm³/mol. The van der Waals surface area contributed by atoms with Crippen molar-refractivity contribution >= 4 is 64.0 Å². The molecule has 3 aromatic carbocycles. The van der Waals surface area contributed by atoms with Gasteiger partial charge in [0.1, 0.15) is 5.82 Å². The second kappa shape index (κ2) is 9.89. The van der Waals surface area contributed by atoms with Crippen molar-refractivity contribution < 1.29 is 4.39 Å². The van der Waals surface area contributed by atoms with Crippen LogP contribution >= 0.6 is 55.1 Å². The molecule has 0 atom stereocenters. The van der Waals surface area contributed by atoms with E-state index in [0.717, 1.165) is 25.7 Å². The van der Waals surface area contributed by atoms with E-state index in [1.807, 2.05) is 48.5 Å². The first-order chi connectivity index (χ1) is 13.4. The number of benzene rings is 3. The Kier molecular flexibility index (Phi) is 7.53. The summed E-state index contributed by atoms with van der Waals surface area (Å²) in [7, 11) is 0. The SMILES string of the molecule is Fc1ccc(C(/C=C(\Br)c2ccc(Cl)cc2)/C=C(\Br)c2ccc(Cl)cc2)cc1. The largest absolute Gasteiger partial charge is 0.207 e. The van der Waals surface area contributed by atoms with Gasteiger partial charge in [-0.3, -0.25) is 0 Å². The lowest BCUT2D eigenvalue weighted by atomic mass is 9.96. The Morgan fingerprint density at radius 3 is 1.46 bits per heavy atom. The zero-order chi connectivity index (χ0) is 20.1. The van der Waals surface area contributed by atoms with E-state index in [4.69, 9.17) is 23.2 Å². The minimum Gasteiger partial charge on any atom is -0.207 e. The lowest BCUT2D eigenvalue weighted by Gasteiger charge is -2.12. The van der Waals surface area contributed by atoms with Crippen molar-refractivity contribution in [2.75, 3.05) is 0 Å². The summed E-state index contributed by atoms with van der Waals surface area (Å²) in [5.41, 5.74) is 2.98. The van der Waals surface area contributed by atoms with Crippen LogP contribution in [0.2, 0.25) is 10.0 Å². The van der Waals surface area contributed by atoms with Gasteiger partial charge in [0.2, 0.25) is 0 Å². The molecule has 0 N–H and O–H groups in total. The van der Waals surface area contributed by atoms with Crippen molar-refractivity contribution in [2.45, 2.75) is 5.92 Å². The summed E-state index contributed by atoms with van der Waals surface area (Å²) in [5.74, 6) is -0.348. The third kappa shape index (κ3) is 5.81. The average Bonchev–Trinajstić information content (AvgIpc) is 2.69. The van der Waals surface area contributed by atoms with Crippen LogP contribution in [0, 0.1) is 5.82 Å². The summed E-state index contributed by atoms with van der Waals surface area (Å²) in [5, 5.41) is 1.37. The molecule has 28 heavy (non-hydrogen) atoms. The second-order valence-corrected chi connectivity index (χ2v) is 8.70. The smallest absolute Gasteiger partial charge is 0.123 e. The van der Waals surface area contributed by atoms with Crippen molar-refractivity contribution in [3.05, 3.63) is 118 Å². The molecule has 0 spiro atoms. The zero-order valence-corrected chi connectivity index (χ0v) is 19.2. The maximum Gasteiger partial charge on any atom is 0.123 e. The molecule has 5 heteroatoms. The van der Waals surface area contributed by atoms with Gasteiger partial charge in [-0.2, -0.15) is 0 Å². The summed E-state index contributed by atoms with van der Waals surface area (Å²) >= 11 is 19.3. The Morgan fingerprint density at radius 2 is 1.07 bits per heavy atom. The highest BCUT2D eigenvalue weighted by Gasteiger charge is 2.11. The van der Waals surface area contributed by atoms with Gasteiger partial charge in [-0.05, 0) is 53.1 Å². The van der Waals surface area contributed by atoms with Crippen LogP contribution in [0.3, 0.4) is 0 Å². The van der Waals surface area contributed by atoms with Gasteiger partial charge in [0, 0.05) is 24.9 Å². The molecule has 0 fully saturated rings. The maximum absolute atomic E-state index is 13.4. The lowest BCUT2D eigenvalue weighted by molar-refractivity contribution is 0.627. The number of halogens is 5. The van der Waals surface area contributed by atoms with Gasteiger partial charge < -0.3 is 0 Å².